The van der Waals surface area contributed by atoms with Gasteiger partial charge in [0.25, 0.3) is 5.91 Å². The summed E-state index contributed by atoms with van der Waals surface area (Å²) in [6.45, 7) is 8.70. The van der Waals surface area contributed by atoms with Crippen LogP contribution in [0, 0.1) is 12.8 Å². The SMILES string of the molecule is Cc1nc(CC(C)C)cc(C(=O)N2CCCC(Nc3ccc4c(c3)OCCO4)C2)n1. The molecule has 0 bridgehead atoms. The Kier molecular flexibility index (Phi) is 6.06. The van der Waals surface area contributed by atoms with Gasteiger partial charge in [-0.2, -0.15) is 0 Å². The number of piperidine rings is 1. The number of carbonyl (C=O) groups excluding carboxylic acids is 1. The monoisotopic (exact) mass is 410 g/mol. The van der Waals surface area contributed by atoms with Crippen molar-refractivity contribution in [3.8, 4) is 11.5 Å². The largest absolute Gasteiger partial charge is 0.486 e. The molecule has 3 heterocycles. The highest BCUT2D eigenvalue weighted by Crippen LogP contribution is 2.33. The molecule has 0 spiro atoms. The maximum absolute atomic E-state index is 13.2. The Labute approximate surface area is 177 Å². The molecular weight excluding hydrogens is 380 g/mol. The van der Waals surface area contributed by atoms with Crippen LogP contribution in [0.3, 0.4) is 0 Å². The van der Waals surface area contributed by atoms with Gasteiger partial charge in [-0.1, -0.05) is 13.8 Å². The number of amides is 1. The molecule has 1 fully saturated rings. The predicted molar refractivity (Wildman–Crippen MR) is 115 cm³/mol. The van der Waals surface area contributed by atoms with Gasteiger partial charge in [0, 0.05) is 36.6 Å². The Bertz CT molecular complexity index is 915. The minimum absolute atomic E-state index is 0.0146. The van der Waals surface area contributed by atoms with E-state index < -0.39 is 0 Å². The van der Waals surface area contributed by atoms with Crippen LogP contribution >= 0.6 is 0 Å². The molecule has 1 atom stereocenters. The van der Waals surface area contributed by atoms with Crippen molar-refractivity contribution in [3.63, 3.8) is 0 Å². The van der Waals surface area contributed by atoms with Crippen LogP contribution in [-0.2, 0) is 6.42 Å². The van der Waals surface area contributed by atoms with Crippen molar-refractivity contribution in [2.45, 2.75) is 46.1 Å². The summed E-state index contributed by atoms with van der Waals surface area (Å²) >= 11 is 0. The average Bonchev–Trinajstić information content (AvgIpc) is 2.72. The molecule has 0 aliphatic carbocycles. The summed E-state index contributed by atoms with van der Waals surface area (Å²) in [6, 6.07) is 7.94. The van der Waals surface area contributed by atoms with Gasteiger partial charge in [-0.05, 0) is 50.3 Å². The fourth-order valence-corrected chi connectivity index (χ4v) is 4.07. The number of hydrogen-bond donors (Lipinski definition) is 1. The molecule has 1 aromatic carbocycles. The number of aromatic nitrogens is 2. The third kappa shape index (κ3) is 4.83. The Balaban J connectivity index is 1.43. The number of fused-ring (bicyclic) bond motifs is 1. The molecule has 2 aliphatic heterocycles. The molecule has 1 amide bonds. The van der Waals surface area contributed by atoms with E-state index in [2.05, 4.69) is 29.1 Å². The number of nitrogens with one attached hydrogen (secondary N) is 1. The molecule has 160 valence electrons. The number of likely N-dealkylation sites (tertiary alicyclic amines) is 1. The summed E-state index contributed by atoms with van der Waals surface area (Å²) in [5, 5.41) is 3.55. The summed E-state index contributed by atoms with van der Waals surface area (Å²) in [5.41, 5.74) is 2.41. The van der Waals surface area contributed by atoms with Crippen molar-refractivity contribution < 1.29 is 14.3 Å². The first-order chi connectivity index (χ1) is 14.5. The number of benzene rings is 1. The van der Waals surface area contributed by atoms with E-state index in [0.717, 1.165) is 48.7 Å². The van der Waals surface area contributed by atoms with E-state index in [1.807, 2.05) is 36.1 Å². The molecule has 0 radical (unpaired) electrons. The van der Waals surface area contributed by atoms with Crippen LogP contribution in [-0.4, -0.2) is 53.1 Å². The molecule has 1 aromatic heterocycles. The Morgan fingerprint density at radius 2 is 2.00 bits per heavy atom. The minimum Gasteiger partial charge on any atom is -0.486 e. The first-order valence-electron chi connectivity index (χ1n) is 10.8. The maximum Gasteiger partial charge on any atom is 0.272 e. The van der Waals surface area contributed by atoms with Crippen LogP contribution in [0.5, 0.6) is 11.5 Å². The molecule has 1 saturated heterocycles. The molecule has 4 rings (SSSR count). The van der Waals surface area contributed by atoms with Crippen molar-refractivity contribution in [2.75, 3.05) is 31.6 Å². The fourth-order valence-electron chi connectivity index (χ4n) is 4.07. The van der Waals surface area contributed by atoms with Gasteiger partial charge in [0.2, 0.25) is 0 Å². The molecule has 1 N–H and O–H groups in total. The van der Waals surface area contributed by atoms with E-state index in [1.54, 1.807) is 0 Å². The smallest absolute Gasteiger partial charge is 0.272 e. The average molecular weight is 411 g/mol. The lowest BCUT2D eigenvalue weighted by Crippen LogP contribution is -2.45. The van der Waals surface area contributed by atoms with Crippen LogP contribution < -0.4 is 14.8 Å². The van der Waals surface area contributed by atoms with Crippen LogP contribution in [0.4, 0.5) is 5.69 Å². The molecule has 30 heavy (non-hydrogen) atoms. The summed E-state index contributed by atoms with van der Waals surface area (Å²) in [5.74, 6) is 2.67. The van der Waals surface area contributed by atoms with Gasteiger partial charge in [-0.25, -0.2) is 9.97 Å². The van der Waals surface area contributed by atoms with E-state index in [1.165, 1.54) is 0 Å². The lowest BCUT2D eigenvalue weighted by atomic mass is 10.0. The van der Waals surface area contributed by atoms with Gasteiger partial charge in [-0.3, -0.25) is 4.79 Å². The van der Waals surface area contributed by atoms with Crippen molar-refractivity contribution in [2.24, 2.45) is 5.92 Å². The Morgan fingerprint density at radius 1 is 1.20 bits per heavy atom. The van der Waals surface area contributed by atoms with Gasteiger partial charge in [-0.15, -0.1) is 0 Å². The second kappa shape index (κ2) is 8.90. The topological polar surface area (TPSA) is 76.6 Å². The number of hydrogen-bond acceptors (Lipinski definition) is 6. The highest BCUT2D eigenvalue weighted by Gasteiger charge is 2.26. The number of rotatable bonds is 5. The van der Waals surface area contributed by atoms with E-state index in [9.17, 15) is 4.79 Å². The Morgan fingerprint density at radius 3 is 2.80 bits per heavy atom. The van der Waals surface area contributed by atoms with Crippen molar-refractivity contribution in [1.29, 1.82) is 0 Å². The zero-order valence-electron chi connectivity index (χ0n) is 18.0. The van der Waals surface area contributed by atoms with Gasteiger partial charge in [0.1, 0.15) is 24.7 Å². The zero-order chi connectivity index (χ0) is 21.1. The van der Waals surface area contributed by atoms with Crippen LogP contribution in [0.25, 0.3) is 0 Å². The quantitative estimate of drug-likeness (QED) is 0.813. The van der Waals surface area contributed by atoms with Crippen LogP contribution in [0.1, 0.15) is 48.7 Å². The molecule has 0 saturated carbocycles. The van der Waals surface area contributed by atoms with E-state index in [-0.39, 0.29) is 11.9 Å². The maximum atomic E-state index is 13.2. The number of aryl methyl sites for hydroxylation is 1. The first-order valence-corrected chi connectivity index (χ1v) is 10.8. The molecule has 7 heteroatoms. The first kappa shape index (κ1) is 20.4. The predicted octanol–water partition coefficient (Wildman–Crippen LogP) is 3.47. The lowest BCUT2D eigenvalue weighted by molar-refractivity contribution is 0.0708. The zero-order valence-corrected chi connectivity index (χ0v) is 18.0. The van der Waals surface area contributed by atoms with Gasteiger partial charge in [0.15, 0.2) is 11.5 Å². The molecule has 2 aromatic rings. The Hall–Kier alpha value is -2.83. The second-order valence-corrected chi connectivity index (χ2v) is 8.48. The molecular formula is C23H30N4O3. The van der Waals surface area contributed by atoms with Crippen LogP contribution in [0.2, 0.25) is 0 Å². The van der Waals surface area contributed by atoms with Crippen molar-refractivity contribution in [1.82, 2.24) is 14.9 Å². The summed E-state index contributed by atoms with van der Waals surface area (Å²) < 4.78 is 11.3. The highest BCUT2D eigenvalue weighted by atomic mass is 16.6. The van der Waals surface area contributed by atoms with Gasteiger partial charge in [0.05, 0.1) is 0 Å². The number of carbonyl (C=O) groups is 1. The van der Waals surface area contributed by atoms with Crippen molar-refractivity contribution >= 4 is 11.6 Å². The van der Waals surface area contributed by atoms with Gasteiger partial charge >= 0.3 is 0 Å². The van der Waals surface area contributed by atoms with E-state index >= 15 is 0 Å². The van der Waals surface area contributed by atoms with Crippen LogP contribution in [0.15, 0.2) is 24.3 Å². The molecule has 2 aliphatic rings. The molecule has 7 nitrogen and oxygen atoms in total. The van der Waals surface area contributed by atoms with Gasteiger partial charge < -0.3 is 19.7 Å². The standard InChI is InChI=1S/C23H30N4O3/c1-15(2)11-19-12-20(25-16(3)24-19)23(28)27-8-4-5-18(14-27)26-17-6-7-21-22(13-17)30-10-9-29-21/h6-7,12-13,15,18,26H,4-5,8-11,14H2,1-3H3. The lowest BCUT2D eigenvalue weighted by Gasteiger charge is -2.33. The van der Waals surface area contributed by atoms with E-state index in [4.69, 9.17) is 9.47 Å². The normalized spacial score (nSPS) is 18.4. The molecule has 1 unspecified atom stereocenters. The fraction of sp³-hybridized carbons (Fsp3) is 0.522. The number of ether oxygens (including phenoxy) is 2. The number of nitrogens with zero attached hydrogens (tertiary/aromatic N) is 3. The van der Waals surface area contributed by atoms with Crippen molar-refractivity contribution in [3.05, 3.63) is 41.5 Å². The second-order valence-electron chi connectivity index (χ2n) is 8.48. The highest BCUT2D eigenvalue weighted by molar-refractivity contribution is 5.92. The summed E-state index contributed by atoms with van der Waals surface area (Å²) in [7, 11) is 0. The third-order valence-electron chi connectivity index (χ3n) is 5.35. The summed E-state index contributed by atoms with van der Waals surface area (Å²) in [4.78, 5) is 24.0. The number of anilines is 1. The minimum atomic E-state index is -0.0146. The summed E-state index contributed by atoms with van der Waals surface area (Å²) in [6.07, 6.45) is 2.81. The third-order valence-corrected chi connectivity index (χ3v) is 5.35. The van der Waals surface area contributed by atoms with E-state index in [0.29, 0.717) is 37.2 Å².